The van der Waals surface area contributed by atoms with E-state index in [1.807, 2.05) is 19.1 Å². The number of anilines is 2. The molecule has 166 valence electrons. The normalized spacial score (nSPS) is 13.6. The summed E-state index contributed by atoms with van der Waals surface area (Å²) in [6.07, 6.45) is 0. The summed E-state index contributed by atoms with van der Waals surface area (Å²) in [5.41, 5.74) is 2.57. The van der Waals surface area contributed by atoms with Crippen molar-refractivity contribution in [3.8, 4) is 5.75 Å². The van der Waals surface area contributed by atoms with E-state index in [-0.39, 0.29) is 18.2 Å². The molecule has 1 aliphatic rings. The van der Waals surface area contributed by atoms with Crippen molar-refractivity contribution in [1.29, 1.82) is 0 Å². The highest BCUT2D eigenvalue weighted by atomic mass is 19.1. The largest absolute Gasteiger partial charge is 0.489 e. The summed E-state index contributed by atoms with van der Waals surface area (Å²) in [6, 6.07) is 14.0. The molecule has 0 fully saturated rings. The van der Waals surface area contributed by atoms with Crippen molar-refractivity contribution in [3.05, 3.63) is 88.5 Å². The molecule has 0 radical (unpaired) electrons. The summed E-state index contributed by atoms with van der Waals surface area (Å²) >= 11 is 0. The number of nitrogens with zero attached hydrogens (tertiary/aromatic N) is 1. The number of hydrogen-bond donors (Lipinski definition) is 2. The van der Waals surface area contributed by atoms with E-state index in [1.165, 1.54) is 18.2 Å². The van der Waals surface area contributed by atoms with Crippen LogP contribution in [-0.4, -0.2) is 11.1 Å². The van der Waals surface area contributed by atoms with Crippen LogP contribution in [0.3, 0.4) is 0 Å². The number of aryl methyl sites for hydroxylation is 1. The lowest BCUT2D eigenvalue weighted by Gasteiger charge is -2.31. The van der Waals surface area contributed by atoms with E-state index in [9.17, 15) is 18.7 Å². The molecule has 3 aromatic rings. The van der Waals surface area contributed by atoms with E-state index in [0.29, 0.717) is 29.2 Å². The van der Waals surface area contributed by atoms with Crippen molar-refractivity contribution >= 4 is 17.4 Å². The van der Waals surface area contributed by atoms with Gasteiger partial charge in [-0.15, -0.1) is 0 Å². The van der Waals surface area contributed by atoms with E-state index in [1.54, 1.807) is 43.0 Å². The van der Waals surface area contributed by atoms with Crippen LogP contribution in [0.15, 0.2) is 54.6 Å². The monoisotopic (exact) mass is 438 g/mol. The number of fused-ring (bicyclic) bond motifs is 1. The van der Waals surface area contributed by atoms with Crippen LogP contribution in [-0.2, 0) is 18.8 Å². The van der Waals surface area contributed by atoms with E-state index in [4.69, 9.17) is 4.74 Å². The highest BCUT2D eigenvalue weighted by Gasteiger charge is 2.27. The van der Waals surface area contributed by atoms with Crippen molar-refractivity contribution in [2.24, 2.45) is 0 Å². The fraction of sp³-hybridized carbons (Fsp3) is 0.240. The second-order valence-corrected chi connectivity index (χ2v) is 8.38. The van der Waals surface area contributed by atoms with Gasteiger partial charge in [-0.3, -0.25) is 4.90 Å². The smallest absolute Gasteiger partial charge is 0.326 e. The zero-order valence-corrected chi connectivity index (χ0v) is 18.1. The number of hydrogen-bond acceptors (Lipinski definition) is 3. The topological polar surface area (TPSA) is 61.8 Å². The first-order valence-corrected chi connectivity index (χ1v) is 10.2. The first-order chi connectivity index (χ1) is 15.1. The Morgan fingerprint density at radius 3 is 2.50 bits per heavy atom. The highest BCUT2D eigenvalue weighted by molar-refractivity contribution is 6.04. The molecule has 1 heterocycles. The third-order valence-corrected chi connectivity index (χ3v) is 5.55. The van der Waals surface area contributed by atoms with Crippen LogP contribution in [0, 0.1) is 18.6 Å². The number of carbonyl (C=O) groups excluding carboxylic acids is 1. The van der Waals surface area contributed by atoms with Crippen molar-refractivity contribution in [1.82, 2.24) is 0 Å². The maximum atomic E-state index is 13.9. The van der Waals surface area contributed by atoms with Gasteiger partial charge in [-0.2, -0.15) is 0 Å². The quantitative estimate of drug-likeness (QED) is 0.543. The minimum atomic E-state index is -1.02. The molecule has 5 nitrogen and oxygen atoms in total. The summed E-state index contributed by atoms with van der Waals surface area (Å²) in [5.74, 6) is -0.950. The van der Waals surface area contributed by atoms with E-state index < -0.39 is 17.2 Å². The second-order valence-electron chi connectivity index (χ2n) is 8.38. The first-order valence-electron chi connectivity index (χ1n) is 10.2. The number of amides is 2. The fourth-order valence-corrected chi connectivity index (χ4v) is 3.63. The molecule has 0 aliphatic carbocycles. The summed E-state index contributed by atoms with van der Waals surface area (Å²) < 4.78 is 33.4. The minimum absolute atomic E-state index is 0.151. The molecule has 0 atom stereocenters. The number of aliphatic hydroxyl groups is 1. The molecule has 4 rings (SSSR count). The lowest BCUT2D eigenvalue weighted by atomic mass is 9.95. The lowest BCUT2D eigenvalue weighted by Crippen LogP contribution is -2.39. The molecule has 3 aromatic carbocycles. The van der Waals surface area contributed by atoms with Gasteiger partial charge in [0.05, 0.1) is 23.4 Å². The van der Waals surface area contributed by atoms with Crippen LogP contribution < -0.4 is 15.0 Å². The molecule has 2 N–H and O–H groups in total. The third-order valence-electron chi connectivity index (χ3n) is 5.55. The predicted octanol–water partition coefficient (Wildman–Crippen LogP) is 5.63. The van der Waals surface area contributed by atoms with Gasteiger partial charge in [0, 0.05) is 11.8 Å². The Bertz CT molecular complexity index is 1170. The Morgan fingerprint density at radius 2 is 1.81 bits per heavy atom. The van der Waals surface area contributed by atoms with E-state index in [2.05, 4.69) is 5.32 Å². The molecule has 0 spiro atoms. The third kappa shape index (κ3) is 4.29. The molecule has 0 saturated heterocycles. The summed E-state index contributed by atoms with van der Waals surface area (Å²) in [4.78, 5) is 14.4. The fourth-order valence-electron chi connectivity index (χ4n) is 3.63. The molecule has 1 aliphatic heterocycles. The summed E-state index contributed by atoms with van der Waals surface area (Å²) in [5, 5.41) is 13.1. The number of halogens is 2. The van der Waals surface area contributed by atoms with Gasteiger partial charge in [0.15, 0.2) is 0 Å². The van der Waals surface area contributed by atoms with Crippen molar-refractivity contribution in [2.45, 2.75) is 39.5 Å². The Morgan fingerprint density at radius 1 is 1.09 bits per heavy atom. The molecule has 0 saturated carbocycles. The maximum absolute atomic E-state index is 13.9. The van der Waals surface area contributed by atoms with Gasteiger partial charge >= 0.3 is 6.03 Å². The molecule has 0 bridgehead atoms. The molecule has 7 heteroatoms. The molecular weight excluding hydrogens is 414 g/mol. The predicted molar refractivity (Wildman–Crippen MR) is 119 cm³/mol. The number of nitrogens with one attached hydrogen (secondary N) is 1. The average Bonchev–Trinajstić information content (AvgIpc) is 2.73. The first kappa shape index (κ1) is 21.8. The molecule has 2 amide bonds. The van der Waals surface area contributed by atoms with Crippen LogP contribution in [0.25, 0.3) is 0 Å². The minimum Gasteiger partial charge on any atom is -0.489 e. The number of rotatable bonds is 5. The molecule has 0 aromatic heterocycles. The van der Waals surface area contributed by atoms with Crippen LogP contribution in [0.1, 0.15) is 36.1 Å². The lowest BCUT2D eigenvalue weighted by molar-refractivity contribution is 0.0786. The van der Waals surface area contributed by atoms with Gasteiger partial charge in [-0.25, -0.2) is 13.6 Å². The Kier molecular flexibility index (Phi) is 5.60. The Hall–Kier alpha value is -3.45. The van der Waals surface area contributed by atoms with Gasteiger partial charge in [-0.05, 0) is 61.7 Å². The SMILES string of the molecule is Cc1ccc(OCc2c(F)cccc2F)cc1N1Cc2ccc(C(C)(C)O)cc2NC1=O. The van der Waals surface area contributed by atoms with E-state index in [0.717, 1.165) is 11.1 Å². The maximum Gasteiger partial charge on any atom is 0.326 e. The van der Waals surface area contributed by atoms with Gasteiger partial charge in [-0.1, -0.05) is 24.3 Å². The van der Waals surface area contributed by atoms with Gasteiger partial charge in [0.1, 0.15) is 24.0 Å². The molecule has 0 unspecified atom stereocenters. The van der Waals surface area contributed by atoms with Crippen LogP contribution in [0.4, 0.5) is 25.0 Å². The standard InChI is InChI=1S/C25H24F2N2O3/c1-15-7-10-18(32-14-19-20(26)5-4-6-21(19)27)12-23(15)29-13-16-8-9-17(25(2,3)31)11-22(16)28-24(29)30/h4-12,31H,13-14H2,1-3H3,(H,28,30). The van der Waals surface area contributed by atoms with Crippen LogP contribution in [0.2, 0.25) is 0 Å². The second kappa shape index (κ2) is 8.24. The van der Waals surface area contributed by atoms with E-state index >= 15 is 0 Å². The van der Waals surface area contributed by atoms with Gasteiger partial charge < -0.3 is 15.2 Å². The van der Waals surface area contributed by atoms with Crippen molar-refractivity contribution in [2.75, 3.05) is 10.2 Å². The number of urea groups is 1. The van der Waals surface area contributed by atoms with Crippen LogP contribution in [0.5, 0.6) is 5.75 Å². The highest BCUT2D eigenvalue weighted by Crippen LogP contribution is 2.34. The van der Waals surface area contributed by atoms with Gasteiger partial charge in [0.25, 0.3) is 0 Å². The number of ether oxygens (including phenoxy) is 1. The zero-order valence-electron chi connectivity index (χ0n) is 18.1. The molecular formula is C25H24F2N2O3. The Balaban J connectivity index is 1.58. The number of benzene rings is 3. The van der Waals surface area contributed by atoms with Gasteiger partial charge in [0.2, 0.25) is 0 Å². The Labute approximate surface area is 185 Å². The van der Waals surface area contributed by atoms with Crippen molar-refractivity contribution in [3.63, 3.8) is 0 Å². The number of carbonyl (C=O) groups is 1. The zero-order chi connectivity index (χ0) is 23.0. The average molecular weight is 438 g/mol. The summed E-state index contributed by atoms with van der Waals surface area (Å²) in [7, 11) is 0. The van der Waals surface area contributed by atoms with Crippen molar-refractivity contribution < 1.29 is 23.4 Å². The van der Waals surface area contributed by atoms with Crippen LogP contribution >= 0.6 is 0 Å². The summed E-state index contributed by atoms with van der Waals surface area (Å²) in [6.45, 7) is 5.31. The molecule has 32 heavy (non-hydrogen) atoms.